The van der Waals surface area contributed by atoms with Crippen molar-refractivity contribution in [2.75, 3.05) is 13.1 Å². The number of nitrogens with one attached hydrogen (secondary N) is 3. The average molecular weight is 424 g/mol. The Labute approximate surface area is 171 Å². The Balaban J connectivity index is 1.20. The molecular weight excluding hydrogens is 394 g/mol. The summed E-state index contributed by atoms with van der Waals surface area (Å²) >= 11 is 0. The van der Waals surface area contributed by atoms with Crippen LogP contribution in [0.3, 0.4) is 0 Å². The predicted octanol–water partition coefficient (Wildman–Crippen LogP) is 0.864. The molecule has 4 fully saturated rings. The second-order valence-electron chi connectivity index (χ2n) is 8.89. The van der Waals surface area contributed by atoms with Crippen molar-refractivity contribution in [2.24, 2.45) is 0 Å². The average Bonchev–Trinajstić information content (AvgIpc) is 3.34. The molecule has 5 rings (SSSR count). The fourth-order valence-electron chi connectivity index (χ4n) is 5.07. The van der Waals surface area contributed by atoms with Crippen LogP contribution in [0.15, 0.2) is 10.6 Å². The molecule has 10 heteroatoms. The van der Waals surface area contributed by atoms with Crippen LogP contribution in [0, 0.1) is 0 Å². The SMILES string of the molecule is O=C(N[C@H]1C[C@H]2CC[C@@H](C1)N2S(=O)(=O)NC1CCNCC1)c1cc(C2CC2)on1. The van der Waals surface area contributed by atoms with E-state index in [0.29, 0.717) is 24.5 Å². The van der Waals surface area contributed by atoms with Crippen molar-refractivity contribution < 1.29 is 17.7 Å². The van der Waals surface area contributed by atoms with Gasteiger partial charge in [-0.3, -0.25) is 4.79 Å². The van der Waals surface area contributed by atoms with Crippen LogP contribution in [0.25, 0.3) is 0 Å². The fraction of sp³-hybridized carbons (Fsp3) is 0.789. The standard InChI is InChI=1S/C19H29N5O4S/c25-19(17-11-18(28-22-17)12-1-2-12)21-14-9-15-3-4-16(10-14)24(15)29(26,27)23-13-5-7-20-8-6-13/h11-16,20,23H,1-10H2,(H,21,25)/t14-,15+,16-. The molecule has 9 nitrogen and oxygen atoms in total. The van der Waals surface area contributed by atoms with Crippen LogP contribution < -0.4 is 15.4 Å². The quantitative estimate of drug-likeness (QED) is 0.625. The molecular formula is C19H29N5O4S. The largest absolute Gasteiger partial charge is 0.360 e. The first kappa shape index (κ1) is 19.5. The number of carbonyl (C=O) groups is 1. The Morgan fingerprint density at radius 2 is 1.76 bits per heavy atom. The summed E-state index contributed by atoms with van der Waals surface area (Å²) in [6.45, 7) is 1.69. The summed E-state index contributed by atoms with van der Waals surface area (Å²) in [6.07, 6.45) is 6.81. The first-order valence-electron chi connectivity index (χ1n) is 10.8. The Bertz CT molecular complexity index is 848. The van der Waals surface area contributed by atoms with Gasteiger partial charge in [0.1, 0.15) is 5.76 Å². The lowest BCUT2D eigenvalue weighted by atomic mass is 9.99. The van der Waals surface area contributed by atoms with Gasteiger partial charge < -0.3 is 15.2 Å². The molecule has 1 amide bonds. The first-order valence-corrected chi connectivity index (χ1v) is 12.2. The van der Waals surface area contributed by atoms with Crippen LogP contribution in [0.4, 0.5) is 0 Å². The fourth-order valence-corrected chi connectivity index (χ4v) is 7.02. The molecule has 3 N–H and O–H groups in total. The molecule has 1 aliphatic carbocycles. The molecule has 29 heavy (non-hydrogen) atoms. The molecule has 1 aromatic rings. The highest BCUT2D eigenvalue weighted by atomic mass is 32.2. The number of aromatic nitrogens is 1. The Morgan fingerprint density at radius 1 is 1.07 bits per heavy atom. The normalized spacial score (nSPS) is 31.1. The molecule has 4 heterocycles. The Hall–Kier alpha value is -1.49. The number of amides is 1. The van der Waals surface area contributed by atoms with Crippen molar-refractivity contribution in [1.82, 2.24) is 24.8 Å². The van der Waals surface area contributed by atoms with E-state index in [2.05, 4.69) is 20.5 Å². The molecule has 0 aromatic carbocycles. The summed E-state index contributed by atoms with van der Waals surface area (Å²) in [5.41, 5.74) is 0.321. The molecule has 0 unspecified atom stereocenters. The highest BCUT2D eigenvalue weighted by molar-refractivity contribution is 7.87. The van der Waals surface area contributed by atoms with Gasteiger partial charge in [0.25, 0.3) is 16.1 Å². The minimum absolute atomic E-state index is 0.00547. The maximum Gasteiger partial charge on any atom is 0.280 e. The molecule has 0 spiro atoms. The van der Waals surface area contributed by atoms with E-state index in [-0.39, 0.29) is 30.1 Å². The second-order valence-corrected chi connectivity index (χ2v) is 10.5. The van der Waals surface area contributed by atoms with E-state index >= 15 is 0 Å². The summed E-state index contributed by atoms with van der Waals surface area (Å²) in [7, 11) is -3.51. The second kappa shape index (κ2) is 7.64. The smallest absolute Gasteiger partial charge is 0.280 e. The minimum atomic E-state index is -3.51. The van der Waals surface area contributed by atoms with Gasteiger partial charge in [-0.05, 0) is 64.5 Å². The van der Waals surface area contributed by atoms with E-state index in [1.54, 1.807) is 10.4 Å². The van der Waals surface area contributed by atoms with Gasteiger partial charge in [0.05, 0.1) is 0 Å². The van der Waals surface area contributed by atoms with E-state index in [1.165, 1.54) is 0 Å². The summed E-state index contributed by atoms with van der Waals surface area (Å²) < 4.78 is 35.9. The van der Waals surface area contributed by atoms with E-state index < -0.39 is 10.2 Å². The highest BCUT2D eigenvalue weighted by Gasteiger charge is 2.47. The topological polar surface area (TPSA) is 117 Å². The maximum absolute atomic E-state index is 13.0. The third-order valence-corrected chi connectivity index (χ3v) is 8.46. The van der Waals surface area contributed by atoms with Crippen molar-refractivity contribution in [3.8, 4) is 0 Å². The number of carbonyl (C=O) groups excluding carboxylic acids is 1. The number of rotatable bonds is 6. The number of nitrogens with zero attached hydrogens (tertiary/aromatic N) is 2. The molecule has 1 saturated carbocycles. The van der Waals surface area contributed by atoms with Crippen molar-refractivity contribution in [3.05, 3.63) is 17.5 Å². The Morgan fingerprint density at radius 3 is 2.41 bits per heavy atom. The molecule has 3 saturated heterocycles. The molecule has 0 radical (unpaired) electrons. The maximum atomic E-state index is 13.0. The number of fused-ring (bicyclic) bond motifs is 2. The van der Waals surface area contributed by atoms with Gasteiger partial charge in [-0.1, -0.05) is 5.16 Å². The van der Waals surface area contributed by atoms with Gasteiger partial charge in [0, 0.05) is 36.2 Å². The van der Waals surface area contributed by atoms with Crippen LogP contribution in [-0.2, 0) is 10.2 Å². The van der Waals surface area contributed by atoms with E-state index in [1.807, 2.05) is 0 Å². The van der Waals surface area contributed by atoms with Gasteiger partial charge in [0.2, 0.25) is 0 Å². The molecule has 3 atom stereocenters. The van der Waals surface area contributed by atoms with Crippen molar-refractivity contribution in [1.29, 1.82) is 0 Å². The van der Waals surface area contributed by atoms with Gasteiger partial charge >= 0.3 is 0 Å². The van der Waals surface area contributed by atoms with Crippen molar-refractivity contribution in [2.45, 2.75) is 81.5 Å². The third kappa shape index (κ3) is 4.08. The summed E-state index contributed by atoms with van der Waals surface area (Å²) in [4.78, 5) is 12.6. The van der Waals surface area contributed by atoms with Gasteiger partial charge in [-0.25, -0.2) is 0 Å². The Kier molecular flexibility index (Phi) is 5.13. The molecule has 160 valence electrons. The molecule has 2 bridgehead atoms. The predicted molar refractivity (Wildman–Crippen MR) is 106 cm³/mol. The number of hydrogen-bond donors (Lipinski definition) is 3. The van der Waals surface area contributed by atoms with Crippen LogP contribution >= 0.6 is 0 Å². The van der Waals surface area contributed by atoms with Crippen LogP contribution in [-0.4, -0.2) is 61.0 Å². The zero-order valence-electron chi connectivity index (χ0n) is 16.5. The van der Waals surface area contributed by atoms with E-state index in [4.69, 9.17) is 4.52 Å². The summed E-state index contributed by atoms with van der Waals surface area (Å²) in [6, 6.07) is 1.59. The van der Waals surface area contributed by atoms with Crippen LogP contribution in [0.5, 0.6) is 0 Å². The third-order valence-electron chi connectivity index (χ3n) is 6.67. The van der Waals surface area contributed by atoms with Gasteiger partial charge in [-0.15, -0.1) is 0 Å². The lowest BCUT2D eigenvalue weighted by Crippen LogP contribution is -2.57. The lowest BCUT2D eigenvalue weighted by Gasteiger charge is -2.39. The van der Waals surface area contributed by atoms with Crippen molar-refractivity contribution >= 4 is 16.1 Å². The van der Waals surface area contributed by atoms with Crippen LogP contribution in [0.2, 0.25) is 0 Å². The van der Waals surface area contributed by atoms with Crippen molar-refractivity contribution in [3.63, 3.8) is 0 Å². The van der Waals surface area contributed by atoms with Gasteiger partial charge in [0.15, 0.2) is 5.69 Å². The molecule has 1 aromatic heterocycles. The molecule has 4 aliphatic rings. The summed E-state index contributed by atoms with van der Waals surface area (Å²) in [5.74, 6) is 0.982. The minimum Gasteiger partial charge on any atom is -0.360 e. The van der Waals surface area contributed by atoms with E-state index in [0.717, 1.165) is 57.4 Å². The van der Waals surface area contributed by atoms with Gasteiger partial charge in [-0.2, -0.15) is 17.4 Å². The monoisotopic (exact) mass is 423 g/mol. The zero-order chi connectivity index (χ0) is 20.0. The van der Waals surface area contributed by atoms with E-state index in [9.17, 15) is 13.2 Å². The van der Waals surface area contributed by atoms with Crippen LogP contribution in [0.1, 0.15) is 73.5 Å². The highest BCUT2D eigenvalue weighted by Crippen LogP contribution is 2.40. The zero-order valence-corrected chi connectivity index (χ0v) is 17.3. The lowest BCUT2D eigenvalue weighted by molar-refractivity contribution is 0.0899. The molecule has 3 aliphatic heterocycles. The number of hydrogen-bond acceptors (Lipinski definition) is 6. The number of piperidine rings is 2. The summed E-state index contributed by atoms with van der Waals surface area (Å²) in [5, 5.41) is 10.2. The first-order chi connectivity index (χ1) is 14.0.